The number of carbonyl (C=O) groups excluding carboxylic acids is 1. The monoisotopic (exact) mass is 466 g/mol. The lowest BCUT2D eigenvalue weighted by Gasteiger charge is -2.36. The van der Waals surface area contributed by atoms with Gasteiger partial charge in [-0.15, -0.1) is 0 Å². The van der Waals surface area contributed by atoms with Gasteiger partial charge in [-0.3, -0.25) is 14.5 Å². The molecule has 34 heavy (non-hydrogen) atoms. The molecule has 7 heteroatoms. The third kappa shape index (κ3) is 4.85. The molecular formula is C27H38N4O3. The van der Waals surface area contributed by atoms with Gasteiger partial charge in [0.1, 0.15) is 11.3 Å². The number of anilines is 1. The topological polar surface area (TPSA) is 58.0 Å². The number of pyridine rings is 1. The third-order valence-electron chi connectivity index (χ3n) is 7.46. The van der Waals surface area contributed by atoms with Crippen LogP contribution in [-0.2, 0) is 13.0 Å². The van der Waals surface area contributed by atoms with E-state index in [1.807, 2.05) is 30.0 Å². The molecule has 1 aromatic carbocycles. The number of hydrogen-bond acceptors (Lipinski definition) is 5. The Morgan fingerprint density at radius 2 is 1.85 bits per heavy atom. The van der Waals surface area contributed by atoms with Gasteiger partial charge in [0, 0.05) is 68.0 Å². The van der Waals surface area contributed by atoms with Crippen molar-refractivity contribution in [2.45, 2.75) is 52.6 Å². The fourth-order valence-corrected chi connectivity index (χ4v) is 5.54. The van der Waals surface area contributed by atoms with Crippen LogP contribution in [0, 0.1) is 6.92 Å². The minimum Gasteiger partial charge on any atom is -0.497 e. The van der Waals surface area contributed by atoms with Crippen molar-refractivity contribution in [1.29, 1.82) is 0 Å². The zero-order chi connectivity index (χ0) is 24.2. The zero-order valence-electron chi connectivity index (χ0n) is 21.0. The lowest BCUT2D eigenvalue weighted by molar-refractivity contribution is 0.0742. The maximum absolute atomic E-state index is 13.6. The number of likely N-dealkylation sites (tertiary alicyclic amines) is 1. The number of hydrogen-bond donors (Lipinski definition) is 0. The van der Waals surface area contributed by atoms with Crippen molar-refractivity contribution < 1.29 is 9.53 Å². The summed E-state index contributed by atoms with van der Waals surface area (Å²) in [6, 6.07) is 10.1. The number of aromatic nitrogens is 1. The number of aryl methyl sites for hydroxylation is 1. The molecule has 0 aliphatic carbocycles. The van der Waals surface area contributed by atoms with E-state index in [0.29, 0.717) is 31.1 Å². The van der Waals surface area contributed by atoms with Crippen molar-refractivity contribution in [3.8, 4) is 5.75 Å². The normalized spacial score (nSPS) is 19.0. The van der Waals surface area contributed by atoms with Crippen LogP contribution in [0.4, 0.5) is 5.69 Å². The fourth-order valence-electron chi connectivity index (χ4n) is 5.54. The van der Waals surface area contributed by atoms with Gasteiger partial charge >= 0.3 is 0 Å². The van der Waals surface area contributed by atoms with E-state index in [2.05, 4.69) is 34.3 Å². The summed E-state index contributed by atoms with van der Waals surface area (Å²) in [6.45, 7) is 11.9. The summed E-state index contributed by atoms with van der Waals surface area (Å²) in [7, 11) is 1.67. The van der Waals surface area contributed by atoms with E-state index in [-0.39, 0.29) is 11.3 Å². The van der Waals surface area contributed by atoms with Crippen molar-refractivity contribution in [2.24, 2.45) is 0 Å². The van der Waals surface area contributed by atoms with Crippen LogP contribution in [0.15, 0.2) is 35.1 Å². The first kappa shape index (κ1) is 24.3. The number of benzene rings is 1. The first-order valence-electron chi connectivity index (χ1n) is 12.6. The van der Waals surface area contributed by atoms with E-state index in [0.717, 1.165) is 62.0 Å². The number of ether oxygens (including phenoxy) is 1. The Balaban J connectivity index is 1.54. The van der Waals surface area contributed by atoms with Gasteiger partial charge in [-0.1, -0.05) is 19.9 Å². The van der Waals surface area contributed by atoms with Crippen molar-refractivity contribution in [3.05, 3.63) is 57.5 Å². The Hall–Kier alpha value is -2.80. The van der Waals surface area contributed by atoms with Crippen LogP contribution in [0.3, 0.4) is 0 Å². The maximum Gasteiger partial charge on any atom is 0.259 e. The summed E-state index contributed by atoms with van der Waals surface area (Å²) >= 11 is 0. The number of carbonyl (C=O) groups is 1. The quantitative estimate of drug-likeness (QED) is 0.627. The molecule has 184 valence electrons. The summed E-state index contributed by atoms with van der Waals surface area (Å²) in [6.07, 6.45) is 3.04. The molecule has 0 N–H and O–H groups in total. The average molecular weight is 467 g/mol. The van der Waals surface area contributed by atoms with Gasteiger partial charge in [-0.25, -0.2) is 0 Å². The van der Waals surface area contributed by atoms with Crippen molar-refractivity contribution in [3.63, 3.8) is 0 Å². The molecule has 2 aliphatic heterocycles. The van der Waals surface area contributed by atoms with Crippen LogP contribution in [0.1, 0.15) is 48.4 Å². The van der Waals surface area contributed by atoms with E-state index in [1.165, 1.54) is 6.42 Å². The lowest BCUT2D eigenvalue weighted by atomic mass is 10.1. The second-order valence-corrected chi connectivity index (χ2v) is 9.34. The van der Waals surface area contributed by atoms with Gasteiger partial charge in [-0.05, 0) is 51.4 Å². The first-order valence-corrected chi connectivity index (χ1v) is 12.6. The smallest absolute Gasteiger partial charge is 0.259 e. The van der Waals surface area contributed by atoms with Crippen LogP contribution in [0.5, 0.6) is 5.75 Å². The average Bonchev–Trinajstić information content (AvgIpc) is 3.32. The van der Waals surface area contributed by atoms with Crippen LogP contribution in [0.2, 0.25) is 0 Å². The summed E-state index contributed by atoms with van der Waals surface area (Å²) in [5.41, 5.74) is 3.14. The van der Waals surface area contributed by atoms with Crippen LogP contribution in [0.25, 0.3) is 0 Å². The van der Waals surface area contributed by atoms with E-state index in [4.69, 9.17) is 4.74 Å². The van der Waals surface area contributed by atoms with Gasteiger partial charge in [0.15, 0.2) is 5.43 Å². The highest BCUT2D eigenvalue weighted by Crippen LogP contribution is 2.24. The Morgan fingerprint density at radius 3 is 2.53 bits per heavy atom. The van der Waals surface area contributed by atoms with Gasteiger partial charge < -0.3 is 19.1 Å². The second kappa shape index (κ2) is 10.6. The number of nitrogens with zero attached hydrogens (tertiary/aromatic N) is 4. The predicted octanol–water partition coefficient (Wildman–Crippen LogP) is 3.17. The molecule has 2 fully saturated rings. The highest BCUT2D eigenvalue weighted by molar-refractivity contribution is 5.95. The Labute approximate surface area is 202 Å². The molecular weight excluding hydrogens is 428 g/mol. The maximum atomic E-state index is 13.6. The third-order valence-corrected chi connectivity index (χ3v) is 7.46. The molecule has 2 saturated heterocycles. The zero-order valence-corrected chi connectivity index (χ0v) is 21.0. The molecule has 2 aliphatic rings. The molecule has 0 saturated carbocycles. The molecule has 1 unspecified atom stereocenters. The van der Waals surface area contributed by atoms with E-state index in [1.54, 1.807) is 13.2 Å². The molecule has 0 spiro atoms. The molecule has 2 aromatic rings. The molecule has 0 bridgehead atoms. The molecule has 7 nitrogen and oxygen atoms in total. The highest BCUT2D eigenvalue weighted by atomic mass is 16.5. The van der Waals surface area contributed by atoms with Crippen molar-refractivity contribution >= 4 is 11.6 Å². The summed E-state index contributed by atoms with van der Waals surface area (Å²) in [5, 5.41) is 0. The Kier molecular flexibility index (Phi) is 7.61. The molecule has 0 radical (unpaired) electrons. The summed E-state index contributed by atoms with van der Waals surface area (Å²) < 4.78 is 7.59. The van der Waals surface area contributed by atoms with E-state index >= 15 is 0 Å². The minimum absolute atomic E-state index is 0.125. The van der Waals surface area contributed by atoms with Gasteiger partial charge in [0.2, 0.25) is 0 Å². The summed E-state index contributed by atoms with van der Waals surface area (Å²) in [4.78, 5) is 33.3. The van der Waals surface area contributed by atoms with Gasteiger partial charge in [0.25, 0.3) is 5.91 Å². The molecule has 1 atom stereocenters. The second-order valence-electron chi connectivity index (χ2n) is 9.34. The minimum atomic E-state index is -0.149. The largest absolute Gasteiger partial charge is 0.497 e. The standard InChI is InChI=1S/C27H38N4O3/c1-5-24-26(25(32)17-20(3)31(24)19-22-10-8-12-28(22)6-2)27(33)30-15-13-29(14-16-30)21-9-7-11-23(18-21)34-4/h7,9,11,17-18,22H,5-6,8,10,12-16,19H2,1-4H3. The lowest BCUT2D eigenvalue weighted by Crippen LogP contribution is -2.50. The Morgan fingerprint density at radius 1 is 1.09 bits per heavy atom. The first-order chi connectivity index (χ1) is 16.5. The van der Waals surface area contributed by atoms with E-state index < -0.39 is 0 Å². The fraction of sp³-hybridized carbons (Fsp3) is 0.556. The highest BCUT2D eigenvalue weighted by Gasteiger charge is 2.29. The number of rotatable bonds is 7. The van der Waals surface area contributed by atoms with E-state index in [9.17, 15) is 9.59 Å². The predicted molar refractivity (Wildman–Crippen MR) is 136 cm³/mol. The van der Waals surface area contributed by atoms with Crippen LogP contribution < -0.4 is 15.1 Å². The SMILES string of the molecule is CCc1c(C(=O)N2CCN(c3cccc(OC)c3)CC2)c(=O)cc(C)n1CC1CCCN1CC. The number of amides is 1. The molecule has 3 heterocycles. The number of likely N-dealkylation sites (N-methyl/N-ethyl adjacent to an activating group) is 1. The van der Waals surface area contributed by atoms with Crippen molar-refractivity contribution in [2.75, 3.05) is 51.3 Å². The molecule has 1 amide bonds. The van der Waals surface area contributed by atoms with Gasteiger partial charge in [0.05, 0.1) is 7.11 Å². The van der Waals surface area contributed by atoms with Crippen LogP contribution >= 0.6 is 0 Å². The van der Waals surface area contributed by atoms with Gasteiger partial charge in [-0.2, -0.15) is 0 Å². The molecule has 4 rings (SSSR count). The summed E-state index contributed by atoms with van der Waals surface area (Å²) in [5.74, 6) is 0.701. The number of methoxy groups -OCH3 is 1. The number of piperazine rings is 1. The van der Waals surface area contributed by atoms with Crippen LogP contribution in [-0.4, -0.2) is 72.7 Å². The Bertz CT molecular complexity index is 1070. The molecule has 1 aromatic heterocycles. The van der Waals surface area contributed by atoms with Crippen molar-refractivity contribution in [1.82, 2.24) is 14.4 Å².